The second-order valence-electron chi connectivity index (χ2n) is 4.41. The van der Waals surface area contributed by atoms with Crippen molar-refractivity contribution in [2.75, 3.05) is 13.2 Å². The van der Waals surface area contributed by atoms with Gasteiger partial charge in [0.05, 0.1) is 11.6 Å². The molecular weight excluding hydrogens is 254 g/mol. The topological polar surface area (TPSA) is 51.5 Å². The molecule has 0 saturated carbocycles. The van der Waals surface area contributed by atoms with Crippen molar-refractivity contribution in [3.63, 3.8) is 0 Å². The SMILES string of the molecule is N#Cc1cccc(OCc2ccc3c(c2)OCCO3)c1. The summed E-state index contributed by atoms with van der Waals surface area (Å²) in [6, 6.07) is 14.9. The summed E-state index contributed by atoms with van der Waals surface area (Å²) in [5.41, 5.74) is 1.58. The van der Waals surface area contributed by atoms with Crippen molar-refractivity contribution in [2.24, 2.45) is 0 Å². The highest BCUT2D eigenvalue weighted by molar-refractivity contribution is 5.44. The van der Waals surface area contributed by atoms with Gasteiger partial charge in [-0.2, -0.15) is 5.26 Å². The van der Waals surface area contributed by atoms with E-state index in [1.165, 1.54) is 0 Å². The highest BCUT2D eigenvalue weighted by Gasteiger charge is 2.11. The van der Waals surface area contributed by atoms with Crippen LogP contribution in [0.25, 0.3) is 0 Å². The number of hydrogen-bond donors (Lipinski definition) is 0. The smallest absolute Gasteiger partial charge is 0.161 e. The predicted octanol–water partition coefficient (Wildman–Crippen LogP) is 2.91. The van der Waals surface area contributed by atoms with Crippen LogP contribution < -0.4 is 14.2 Å². The second-order valence-corrected chi connectivity index (χ2v) is 4.41. The van der Waals surface area contributed by atoms with E-state index in [4.69, 9.17) is 19.5 Å². The van der Waals surface area contributed by atoms with Crippen molar-refractivity contribution < 1.29 is 14.2 Å². The van der Waals surface area contributed by atoms with Crippen molar-refractivity contribution in [3.8, 4) is 23.3 Å². The zero-order valence-electron chi connectivity index (χ0n) is 10.8. The minimum atomic E-state index is 0.422. The Bertz CT molecular complexity index is 661. The van der Waals surface area contributed by atoms with E-state index >= 15 is 0 Å². The normalized spacial score (nSPS) is 12.6. The Morgan fingerprint density at radius 2 is 1.90 bits per heavy atom. The van der Waals surface area contributed by atoms with Gasteiger partial charge >= 0.3 is 0 Å². The lowest BCUT2D eigenvalue weighted by Crippen LogP contribution is -2.15. The number of fused-ring (bicyclic) bond motifs is 1. The molecule has 0 bridgehead atoms. The lowest BCUT2D eigenvalue weighted by molar-refractivity contribution is 0.171. The van der Waals surface area contributed by atoms with Crippen LogP contribution in [0.1, 0.15) is 11.1 Å². The molecule has 0 aromatic heterocycles. The van der Waals surface area contributed by atoms with Crippen molar-refractivity contribution in [2.45, 2.75) is 6.61 Å². The van der Waals surface area contributed by atoms with E-state index in [9.17, 15) is 0 Å². The van der Waals surface area contributed by atoms with Gasteiger partial charge in [0.25, 0.3) is 0 Å². The second kappa shape index (κ2) is 5.54. The average molecular weight is 267 g/mol. The maximum absolute atomic E-state index is 8.84. The maximum Gasteiger partial charge on any atom is 0.161 e. The summed E-state index contributed by atoms with van der Waals surface area (Å²) in [6.45, 7) is 1.58. The zero-order chi connectivity index (χ0) is 13.8. The summed E-state index contributed by atoms with van der Waals surface area (Å²) in [5, 5.41) is 8.84. The van der Waals surface area contributed by atoms with Crippen molar-refractivity contribution in [1.82, 2.24) is 0 Å². The van der Waals surface area contributed by atoms with E-state index in [0.29, 0.717) is 31.1 Å². The molecular formula is C16H13NO3. The van der Waals surface area contributed by atoms with Gasteiger partial charge in [-0.1, -0.05) is 12.1 Å². The molecule has 0 aliphatic carbocycles. The van der Waals surface area contributed by atoms with E-state index in [-0.39, 0.29) is 0 Å². The van der Waals surface area contributed by atoms with E-state index < -0.39 is 0 Å². The summed E-state index contributed by atoms with van der Waals surface area (Å²) in [6.07, 6.45) is 0. The fourth-order valence-corrected chi connectivity index (χ4v) is 2.00. The van der Waals surface area contributed by atoms with Crippen molar-refractivity contribution in [3.05, 3.63) is 53.6 Å². The van der Waals surface area contributed by atoms with E-state index in [1.54, 1.807) is 18.2 Å². The first kappa shape index (κ1) is 12.4. The van der Waals surface area contributed by atoms with Gasteiger partial charge in [0.15, 0.2) is 11.5 Å². The van der Waals surface area contributed by atoms with E-state index in [0.717, 1.165) is 17.1 Å². The molecule has 4 nitrogen and oxygen atoms in total. The van der Waals surface area contributed by atoms with Gasteiger partial charge in [-0.15, -0.1) is 0 Å². The van der Waals surface area contributed by atoms with Gasteiger partial charge < -0.3 is 14.2 Å². The standard InChI is InChI=1S/C16H13NO3/c17-10-12-2-1-3-14(8-12)20-11-13-4-5-15-16(9-13)19-7-6-18-15/h1-5,8-9H,6-7,11H2. The number of ether oxygens (including phenoxy) is 3. The molecule has 4 heteroatoms. The molecule has 0 spiro atoms. The van der Waals surface area contributed by atoms with Crippen molar-refractivity contribution in [1.29, 1.82) is 5.26 Å². The van der Waals surface area contributed by atoms with Crippen LogP contribution in [-0.4, -0.2) is 13.2 Å². The van der Waals surface area contributed by atoms with Gasteiger partial charge in [0.2, 0.25) is 0 Å². The maximum atomic E-state index is 8.84. The molecule has 0 fully saturated rings. The molecule has 100 valence electrons. The van der Waals surface area contributed by atoms with Crippen LogP contribution in [0.5, 0.6) is 17.2 Å². The van der Waals surface area contributed by atoms with Gasteiger partial charge in [0.1, 0.15) is 25.6 Å². The van der Waals surface area contributed by atoms with Crippen LogP contribution in [0, 0.1) is 11.3 Å². The first-order valence-electron chi connectivity index (χ1n) is 6.36. The Morgan fingerprint density at radius 3 is 2.75 bits per heavy atom. The number of rotatable bonds is 3. The summed E-state index contributed by atoms with van der Waals surface area (Å²) in [4.78, 5) is 0. The first-order chi connectivity index (χ1) is 9.85. The molecule has 0 saturated heterocycles. The van der Waals surface area contributed by atoms with Crippen LogP contribution in [0.15, 0.2) is 42.5 Å². The lowest BCUT2D eigenvalue weighted by Gasteiger charge is -2.19. The largest absolute Gasteiger partial charge is 0.489 e. The third-order valence-corrected chi connectivity index (χ3v) is 2.98. The van der Waals surface area contributed by atoms with Crippen molar-refractivity contribution >= 4 is 0 Å². The number of hydrogen-bond acceptors (Lipinski definition) is 4. The molecule has 1 aliphatic heterocycles. The van der Waals surface area contributed by atoms with Crippen LogP contribution in [0.2, 0.25) is 0 Å². The molecule has 2 aromatic carbocycles. The third-order valence-electron chi connectivity index (χ3n) is 2.98. The minimum Gasteiger partial charge on any atom is -0.489 e. The minimum absolute atomic E-state index is 0.422. The molecule has 2 aromatic rings. The fourth-order valence-electron chi connectivity index (χ4n) is 2.00. The summed E-state index contributed by atoms with van der Waals surface area (Å²) in [7, 11) is 0. The molecule has 0 amide bonds. The molecule has 3 rings (SSSR count). The quantitative estimate of drug-likeness (QED) is 0.858. The number of nitriles is 1. The Morgan fingerprint density at radius 1 is 1.05 bits per heavy atom. The van der Waals surface area contributed by atoms with Crippen LogP contribution in [0.4, 0.5) is 0 Å². The van der Waals surface area contributed by atoms with E-state index in [1.807, 2.05) is 24.3 Å². The van der Waals surface area contributed by atoms with Gasteiger partial charge in [-0.3, -0.25) is 0 Å². The lowest BCUT2D eigenvalue weighted by atomic mass is 10.2. The predicted molar refractivity (Wildman–Crippen MR) is 72.9 cm³/mol. The van der Waals surface area contributed by atoms with Gasteiger partial charge in [-0.25, -0.2) is 0 Å². The Kier molecular flexibility index (Phi) is 3.42. The van der Waals surface area contributed by atoms with Gasteiger partial charge in [0, 0.05) is 0 Å². The molecule has 0 unspecified atom stereocenters. The summed E-state index contributed by atoms with van der Waals surface area (Å²) in [5.74, 6) is 2.20. The van der Waals surface area contributed by atoms with Crippen LogP contribution in [0.3, 0.4) is 0 Å². The Labute approximate surface area is 117 Å². The Balaban J connectivity index is 1.70. The molecule has 1 heterocycles. The zero-order valence-corrected chi connectivity index (χ0v) is 10.8. The highest BCUT2D eigenvalue weighted by Crippen LogP contribution is 2.31. The number of nitrogens with zero attached hydrogens (tertiary/aromatic N) is 1. The van der Waals surface area contributed by atoms with Crippen LogP contribution in [-0.2, 0) is 6.61 Å². The summed E-state index contributed by atoms with van der Waals surface area (Å²) < 4.78 is 16.7. The number of benzene rings is 2. The van der Waals surface area contributed by atoms with Gasteiger partial charge in [-0.05, 0) is 35.9 Å². The molecule has 1 aliphatic rings. The first-order valence-corrected chi connectivity index (χ1v) is 6.36. The molecule has 0 radical (unpaired) electrons. The summed E-state index contributed by atoms with van der Waals surface area (Å²) >= 11 is 0. The fraction of sp³-hybridized carbons (Fsp3) is 0.188. The highest BCUT2D eigenvalue weighted by atomic mass is 16.6. The Hall–Kier alpha value is -2.67. The average Bonchev–Trinajstić information content (AvgIpc) is 2.53. The monoisotopic (exact) mass is 267 g/mol. The molecule has 0 N–H and O–H groups in total. The molecule has 0 atom stereocenters. The van der Waals surface area contributed by atoms with Crippen LogP contribution >= 0.6 is 0 Å². The molecule has 20 heavy (non-hydrogen) atoms. The third kappa shape index (κ3) is 2.67. The van der Waals surface area contributed by atoms with E-state index in [2.05, 4.69) is 6.07 Å².